The molecule has 16 heavy (non-hydrogen) atoms. The van der Waals surface area contributed by atoms with Crippen molar-refractivity contribution in [1.29, 1.82) is 0 Å². The third kappa shape index (κ3) is 5.34. The Hall–Kier alpha value is -0.0400. The van der Waals surface area contributed by atoms with Crippen molar-refractivity contribution in [2.24, 2.45) is 17.3 Å². The molecule has 0 aromatic rings. The van der Waals surface area contributed by atoms with Gasteiger partial charge in [-0.15, -0.1) is 0 Å². The first-order chi connectivity index (χ1) is 7.38. The largest absolute Gasteiger partial charge is 0.303 e. The maximum atomic E-state index is 2.67. The summed E-state index contributed by atoms with van der Waals surface area (Å²) in [4.78, 5) is 2.67. The van der Waals surface area contributed by atoms with Gasteiger partial charge in [0.25, 0.3) is 0 Å². The van der Waals surface area contributed by atoms with E-state index in [0.29, 0.717) is 5.41 Å². The van der Waals surface area contributed by atoms with Gasteiger partial charge in [0.05, 0.1) is 0 Å². The van der Waals surface area contributed by atoms with Gasteiger partial charge >= 0.3 is 0 Å². The fourth-order valence-electron chi connectivity index (χ4n) is 2.68. The molecule has 0 aromatic heterocycles. The van der Waals surface area contributed by atoms with Gasteiger partial charge in [0.15, 0.2) is 0 Å². The zero-order chi connectivity index (χ0) is 12.2. The predicted molar refractivity (Wildman–Crippen MR) is 72.7 cm³/mol. The molecule has 0 bridgehead atoms. The van der Waals surface area contributed by atoms with Crippen LogP contribution in [-0.2, 0) is 0 Å². The van der Waals surface area contributed by atoms with E-state index in [0.717, 1.165) is 11.8 Å². The van der Waals surface area contributed by atoms with Crippen LogP contribution in [0.4, 0.5) is 0 Å². The first-order valence-electron chi connectivity index (χ1n) is 7.11. The molecule has 1 saturated heterocycles. The van der Waals surface area contributed by atoms with Gasteiger partial charge in [0, 0.05) is 0 Å². The molecule has 0 spiro atoms. The highest BCUT2D eigenvalue weighted by atomic mass is 15.1. The smallest absolute Gasteiger partial charge is 0.00160 e. The minimum absolute atomic E-state index is 0.510. The van der Waals surface area contributed by atoms with Gasteiger partial charge in [-0.1, -0.05) is 34.6 Å². The quantitative estimate of drug-likeness (QED) is 0.694. The minimum atomic E-state index is 0.510. The summed E-state index contributed by atoms with van der Waals surface area (Å²) in [6.45, 7) is 15.8. The SMILES string of the molecule is CC(C)C1CCN(CCCC(C)(C)C)CC1. The van der Waals surface area contributed by atoms with Crippen LogP contribution in [-0.4, -0.2) is 24.5 Å². The summed E-state index contributed by atoms with van der Waals surface area (Å²) >= 11 is 0. The van der Waals surface area contributed by atoms with Crippen LogP contribution in [0.3, 0.4) is 0 Å². The van der Waals surface area contributed by atoms with Gasteiger partial charge in [-0.2, -0.15) is 0 Å². The second-order valence-electron chi connectivity index (χ2n) is 7.09. The third-order valence-corrected chi connectivity index (χ3v) is 3.98. The molecule has 1 fully saturated rings. The van der Waals surface area contributed by atoms with E-state index >= 15 is 0 Å². The fraction of sp³-hybridized carbons (Fsp3) is 1.00. The summed E-state index contributed by atoms with van der Waals surface area (Å²) in [6.07, 6.45) is 5.58. The highest BCUT2D eigenvalue weighted by Crippen LogP contribution is 2.25. The van der Waals surface area contributed by atoms with E-state index in [1.807, 2.05) is 0 Å². The van der Waals surface area contributed by atoms with E-state index in [2.05, 4.69) is 39.5 Å². The highest BCUT2D eigenvalue weighted by Gasteiger charge is 2.21. The first-order valence-corrected chi connectivity index (χ1v) is 7.11. The Morgan fingerprint density at radius 3 is 2.12 bits per heavy atom. The van der Waals surface area contributed by atoms with E-state index in [-0.39, 0.29) is 0 Å². The number of rotatable bonds is 4. The Morgan fingerprint density at radius 2 is 1.69 bits per heavy atom. The molecule has 0 aliphatic carbocycles. The lowest BCUT2D eigenvalue weighted by Crippen LogP contribution is -2.36. The molecule has 1 aliphatic heterocycles. The average Bonchev–Trinajstić information content (AvgIpc) is 2.16. The second-order valence-corrected chi connectivity index (χ2v) is 7.09. The van der Waals surface area contributed by atoms with Crippen molar-refractivity contribution in [3.05, 3.63) is 0 Å². The summed E-state index contributed by atoms with van der Waals surface area (Å²) in [5.74, 6) is 1.87. The lowest BCUT2D eigenvalue weighted by Gasteiger charge is -2.34. The molecule has 1 nitrogen and oxygen atoms in total. The number of hydrogen-bond donors (Lipinski definition) is 0. The Bertz CT molecular complexity index is 182. The highest BCUT2D eigenvalue weighted by molar-refractivity contribution is 4.74. The van der Waals surface area contributed by atoms with Crippen molar-refractivity contribution in [2.75, 3.05) is 19.6 Å². The zero-order valence-corrected chi connectivity index (χ0v) is 12.1. The van der Waals surface area contributed by atoms with Crippen LogP contribution in [0.5, 0.6) is 0 Å². The summed E-state index contributed by atoms with van der Waals surface area (Å²) in [6, 6.07) is 0. The Kier molecular flexibility index (Phi) is 5.30. The Labute approximate surface area is 103 Å². The topological polar surface area (TPSA) is 3.24 Å². The maximum Gasteiger partial charge on any atom is -0.00160 e. The van der Waals surface area contributed by atoms with E-state index in [1.165, 1.54) is 45.3 Å². The van der Waals surface area contributed by atoms with Crippen molar-refractivity contribution >= 4 is 0 Å². The lowest BCUT2D eigenvalue weighted by atomic mass is 9.86. The Morgan fingerprint density at radius 1 is 1.12 bits per heavy atom. The van der Waals surface area contributed by atoms with Crippen LogP contribution < -0.4 is 0 Å². The average molecular weight is 225 g/mol. The monoisotopic (exact) mass is 225 g/mol. The summed E-state index contributed by atoms with van der Waals surface area (Å²) in [5, 5.41) is 0. The van der Waals surface area contributed by atoms with Crippen molar-refractivity contribution in [3.63, 3.8) is 0 Å². The van der Waals surface area contributed by atoms with Gasteiger partial charge in [-0.25, -0.2) is 0 Å². The van der Waals surface area contributed by atoms with Crippen molar-refractivity contribution in [1.82, 2.24) is 4.90 Å². The van der Waals surface area contributed by atoms with Gasteiger partial charge in [0.2, 0.25) is 0 Å². The van der Waals surface area contributed by atoms with Gasteiger partial charge < -0.3 is 4.90 Å². The number of nitrogens with zero attached hydrogens (tertiary/aromatic N) is 1. The molecule has 1 heterocycles. The van der Waals surface area contributed by atoms with E-state index < -0.39 is 0 Å². The molecule has 1 aliphatic rings. The molecule has 1 rings (SSSR count). The summed E-state index contributed by atoms with van der Waals surface area (Å²) in [5.41, 5.74) is 0.510. The fourth-order valence-corrected chi connectivity index (χ4v) is 2.68. The van der Waals surface area contributed by atoms with Crippen LogP contribution in [0.25, 0.3) is 0 Å². The van der Waals surface area contributed by atoms with Gasteiger partial charge in [-0.05, 0) is 62.6 Å². The molecular formula is C15H31N. The number of hydrogen-bond acceptors (Lipinski definition) is 1. The first kappa shape index (κ1) is 14.0. The summed E-state index contributed by atoms with van der Waals surface area (Å²) < 4.78 is 0. The molecule has 1 heteroatoms. The van der Waals surface area contributed by atoms with Crippen LogP contribution >= 0.6 is 0 Å². The molecule has 96 valence electrons. The molecule has 0 radical (unpaired) electrons. The standard InChI is InChI=1S/C15H31N/c1-13(2)14-7-11-16(12-8-14)10-6-9-15(3,4)5/h13-14H,6-12H2,1-5H3. The Balaban J connectivity index is 2.13. The molecule has 0 amide bonds. The second kappa shape index (κ2) is 6.05. The summed E-state index contributed by atoms with van der Waals surface area (Å²) in [7, 11) is 0. The van der Waals surface area contributed by atoms with Crippen LogP contribution in [0.2, 0.25) is 0 Å². The molecule has 0 aromatic carbocycles. The van der Waals surface area contributed by atoms with Crippen molar-refractivity contribution < 1.29 is 0 Å². The molecule has 0 atom stereocenters. The zero-order valence-electron chi connectivity index (χ0n) is 12.1. The van der Waals surface area contributed by atoms with Crippen LogP contribution in [0.15, 0.2) is 0 Å². The third-order valence-electron chi connectivity index (χ3n) is 3.98. The number of piperidine rings is 1. The molecule has 0 unspecified atom stereocenters. The molecule has 0 saturated carbocycles. The maximum absolute atomic E-state index is 2.67. The van der Waals surface area contributed by atoms with Gasteiger partial charge in [-0.3, -0.25) is 0 Å². The van der Waals surface area contributed by atoms with E-state index in [4.69, 9.17) is 0 Å². The molecule has 0 N–H and O–H groups in total. The van der Waals surface area contributed by atoms with Crippen LogP contribution in [0, 0.1) is 17.3 Å². The van der Waals surface area contributed by atoms with Gasteiger partial charge in [0.1, 0.15) is 0 Å². The lowest BCUT2D eigenvalue weighted by molar-refractivity contribution is 0.151. The minimum Gasteiger partial charge on any atom is -0.303 e. The van der Waals surface area contributed by atoms with Crippen LogP contribution in [0.1, 0.15) is 60.3 Å². The van der Waals surface area contributed by atoms with E-state index in [9.17, 15) is 0 Å². The number of likely N-dealkylation sites (tertiary alicyclic amines) is 1. The predicted octanol–water partition coefficient (Wildman–Crippen LogP) is 4.18. The van der Waals surface area contributed by atoms with Crippen molar-refractivity contribution in [3.8, 4) is 0 Å². The normalized spacial score (nSPS) is 20.6. The molecular weight excluding hydrogens is 194 g/mol. The van der Waals surface area contributed by atoms with Crippen molar-refractivity contribution in [2.45, 2.75) is 60.3 Å². The van der Waals surface area contributed by atoms with E-state index in [1.54, 1.807) is 0 Å².